The minimum Gasteiger partial charge on any atom is -0.471 e. The zero-order valence-electron chi connectivity index (χ0n) is 12.1. The van der Waals surface area contributed by atoms with Crippen LogP contribution in [0.25, 0.3) is 11.9 Å². The smallest absolute Gasteiger partial charge is 0.320 e. The molecule has 5 rings (SSSR count). The first-order chi connectivity index (χ1) is 11.2. The zero-order chi connectivity index (χ0) is 15.6. The van der Waals surface area contributed by atoms with Gasteiger partial charge in [0.15, 0.2) is 5.82 Å². The van der Waals surface area contributed by atoms with Crippen LogP contribution in [0, 0.1) is 0 Å². The number of fused-ring (bicyclic) bond motifs is 4. The molecule has 1 aromatic heterocycles. The third-order valence-electron chi connectivity index (χ3n) is 4.25. The maximum Gasteiger partial charge on any atom is 0.320 e. The standard InChI is InChI=1S/C16H13N5O2/c17-16(22)21-7-5-10-11-14(19-13-12(10)18-13)23-8-9-4-2-1-3-6-20(9)15(11)21/h1-6,18H,7-8H2,(H2,17,22). The molecule has 1 aromatic rings. The van der Waals surface area contributed by atoms with Gasteiger partial charge in [0.2, 0.25) is 5.88 Å². The number of nitrogens with zero attached hydrogens (tertiary/aromatic N) is 3. The highest BCUT2D eigenvalue weighted by Gasteiger charge is 2.34. The van der Waals surface area contributed by atoms with E-state index in [1.807, 2.05) is 41.5 Å². The number of aromatic nitrogens is 1. The van der Waals surface area contributed by atoms with Crippen LogP contribution in [0.1, 0.15) is 0 Å². The molecule has 0 bridgehead atoms. The van der Waals surface area contributed by atoms with Crippen molar-refractivity contribution in [2.45, 2.75) is 0 Å². The van der Waals surface area contributed by atoms with Gasteiger partial charge in [0.25, 0.3) is 0 Å². The summed E-state index contributed by atoms with van der Waals surface area (Å²) in [5.41, 5.74) is 7.52. The van der Waals surface area contributed by atoms with Crippen LogP contribution in [-0.4, -0.2) is 34.0 Å². The van der Waals surface area contributed by atoms with Crippen molar-refractivity contribution in [3.63, 3.8) is 0 Å². The molecule has 0 aromatic carbocycles. The van der Waals surface area contributed by atoms with Crippen molar-refractivity contribution in [3.8, 4) is 5.88 Å². The number of hydrogen-bond acceptors (Lipinski definition) is 5. The van der Waals surface area contributed by atoms with E-state index in [1.165, 1.54) is 0 Å². The van der Waals surface area contributed by atoms with Crippen LogP contribution < -0.4 is 26.2 Å². The van der Waals surface area contributed by atoms with Gasteiger partial charge in [-0.15, -0.1) is 0 Å². The summed E-state index contributed by atoms with van der Waals surface area (Å²) in [6.45, 7) is 0.781. The van der Waals surface area contributed by atoms with Crippen molar-refractivity contribution in [2.75, 3.05) is 18.5 Å². The van der Waals surface area contributed by atoms with Crippen LogP contribution in [0.5, 0.6) is 5.88 Å². The minimum absolute atomic E-state index is 0.364. The van der Waals surface area contributed by atoms with E-state index >= 15 is 0 Å². The SMILES string of the molecule is NC(=O)N1CC=c2c3c(nc4c2=C1N1C=CC=CC=C1CO4)N3. The van der Waals surface area contributed by atoms with Gasteiger partial charge in [-0.25, -0.2) is 4.79 Å². The summed E-state index contributed by atoms with van der Waals surface area (Å²) in [5.74, 6) is 2.05. The summed E-state index contributed by atoms with van der Waals surface area (Å²) in [4.78, 5) is 20.0. The monoisotopic (exact) mass is 307 g/mol. The predicted molar refractivity (Wildman–Crippen MR) is 84.6 cm³/mol. The van der Waals surface area contributed by atoms with Crippen LogP contribution in [0.2, 0.25) is 0 Å². The second-order valence-corrected chi connectivity index (χ2v) is 5.57. The Morgan fingerprint density at radius 1 is 1.35 bits per heavy atom. The van der Waals surface area contributed by atoms with Crippen molar-refractivity contribution in [3.05, 3.63) is 46.6 Å². The normalized spacial score (nSPS) is 19.1. The lowest BCUT2D eigenvalue weighted by molar-refractivity contribution is 0.226. The number of pyridine rings is 1. The van der Waals surface area contributed by atoms with Crippen LogP contribution in [0.4, 0.5) is 16.3 Å². The number of ether oxygens (including phenoxy) is 1. The largest absolute Gasteiger partial charge is 0.471 e. The van der Waals surface area contributed by atoms with Gasteiger partial charge in [-0.2, -0.15) is 4.98 Å². The number of primary amides is 1. The molecule has 0 aliphatic carbocycles. The number of rotatable bonds is 0. The van der Waals surface area contributed by atoms with Crippen molar-refractivity contribution in [2.24, 2.45) is 5.73 Å². The molecule has 0 fully saturated rings. The lowest BCUT2D eigenvalue weighted by Crippen LogP contribution is -2.48. The number of urea groups is 1. The Balaban J connectivity index is 1.89. The number of hydrogen-bond donors (Lipinski definition) is 2. The molecule has 4 aliphatic rings. The van der Waals surface area contributed by atoms with E-state index in [9.17, 15) is 4.79 Å². The molecule has 0 saturated carbocycles. The van der Waals surface area contributed by atoms with E-state index in [2.05, 4.69) is 10.3 Å². The number of carbonyl (C=O) groups excluding carboxylic acids is 1. The summed E-state index contributed by atoms with van der Waals surface area (Å²) < 4.78 is 5.91. The molecule has 4 aliphatic heterocycles. The van der Waals surface area contributed by atoms with E-state index in [0.29, 0.717) is 24.9 Å². The van der Waals surface area contributed by atoms with Crippen LogP contribution >= 0.6 is 0 Å². The third kappa shape index (κ3) is 1.64. The van der Waals surface area contributed by atoms with Gasteiger partial charge in [-0.1, -0.05) is 18.2 Å². The molecule has 5 heterocycles. The first-order valence-electron chi connectivity index (χ1n) is 7.32. The van der Waals surface area contributed by atoms with E-state index in [-0.39, 0.29) is 0 Å². The van der Waals surface area contributed by atoms with Gasteiger partial charge in [0.1, 0.15) is 12.4 Å². The van der Waals surface area contributed by atoms with Crippen LogP contribution in [0.15, 0.2) is 36.2 Å². The fourth-order valence-corrected chi connectivity index (χ4v) is 3.15. The Labute approximate surface area is 131 Å². The van der Waals surface area contributed by atoms with Gasteiger partial charge in [0.05, 0.1) is 16.6 Å². The highest BCUT2D eigenvalue weighted by molar-refractivity contribution is 5.90. The second-order valence-electron chi connectivity index (χ2n) is 5.57. The molecule has 3 N–H and O–H groups in total. The van der Waals surface area contributed by atoms with Crippen molar-refractivity contribution < 1.29 is 9.53 Å². The average Bonchev–Trinajstić information content (AvgIpc) is 3.34. The first-order valence-corrected chi connectivity index (χ1v) is 7.32. The van der Waals surface area contributed by atoms with E-state index in [0.717, 1.165) is 27.6 Å². The summed E-state index contributed by atoms with van der Waals surface area (Å²) in [7, 11) is 0. The number of amides is 2. The number of allylic oxidation sites excluding steroid dienone is 4. The van der Waals surface area contributed by atoms with Gasteiger partial charge in [0, 0.05) is 18.0 Å². The second kappa shape index (κ2) is 4.16. The van der Waals surface area contributed by atoms with Crippen molar-refractivity contribution in [1.82, 2.24) is 14.8 Å². The number of nitrogens with one attached hydrogen (secondary N) is 1. The number of anilines is 2. The maximum atomic E-state index is 12.0. The zero-order valence-corrected chi connectivity index (χ0v) is 12.1. The Morgan fingerprint density at radius 2 is 2.26 bits per heavy atom. The average molecular weight is 307 g/mol. The molecule has 2 amide bonds. The number of nitrogens with two attached hydrogens (primary N) is 1. The molecular weight excluding hydrogens is 294 g/mol. The third-order valence-corrected chi connectivity index (χ3v) is 4.25. The lowest BCUT2D eigenvalue weighted by atomic mass is 10.2. The molecule has 7 heteroatoms. The highest BCUT2D eigenvalue weighted by Crippen LogP contribution is 2.34. The maximum absolute atomic E-state index is 12.0. The Kier molecular flexibility index (Phi) is 2.23. The van der Waals surface area contributed by atoms with Gasteiger partial charge in [-0.3, -0.25) is 4.90 Å². The first kappa shape index (κ1) is 12.3. The Bertz CT molecular complexity index is 973. The lowest BCUT2D eigenvalue weighted by Gasteiger charge is -2.32. The van der Waals surface area contributed by atoms with E-state index in [1.54, 1.807) is 4.90 Å². The molecule has 0 saturated heterocycles. The Morgan fingerprint density at radius 3 is 3.13 bits per heavy atom. The Hall–Kier alpha value is -3.22. The summed E-state index contributed by atoms with van der Waals surface area (Å²) >= 11 is 0. The molecule has 0 unspecified atom stereocenters. The summed E-state index contributed by atoms with van der Waals surface area (Å²) in [5, 5.41) is 4.97. The molecule has 0 atom stereocenters. The minimum atomic E-state index is -0.502. The van der Waals surface area contributed by atoms with Gasteiger partial charge < -0.3 is 20.7 Å². The van der Waals surface area contributed by atoms with E-state index in [4.69, 9.17) is 10.5 Å². The fraction of sp³-hybridized carbons (Fsp3) is 0.125. The molecular formula is C16H13N5O2. The van der Waals surface area contributed by atoms with Gasteiger partial charge in [-0.05, 0) is 12.2 Å². The van der Waals surface area contributed by atoms with Crippen LogP contribution in [-0.2, 0) is 0 Å². The van der Waals surface area contributed by atoms with Crippen molar-refractivity contribution in [1.29, 1.82) is 0 Å². The quantitative estimate of drug-likeness (QED) is 0.670. The van der Waals surface area contributed by atoms with Crippen LogP contribution in [0.3, 0.4) is 0 Å². The molecule has 7 nitrogen and oxygen atoms in total. The summed E-state index contributed by atoms with van der Waals surface area (Å²) in [6.07, 6.45) is 11.6. The molecule has 0 radical (unpaired) electrons. The predicted octanol–water partition coefficient (Wildman–Crippen LogP) is 0.0409. The fourth-order valence-electron chi connectivity index (χ4n) is 3.15. The van der Waals surface area contributed by atoms with Crippen molar-refractivity contribution >= 4 is 29.4 Å². The molecule has 114 valence electrons. The van der Waals surface area contributed by atoms with Gasteiger partial charge >= 0.3 is 6.03 Å². The van der Waals surface area contributed by atoms with E-state index < -0.39 is 6.03 Å². The number of carbonyl (C=O) groups is 1. The topological polar surface area (TPSA) is 93.6 Å². The summed E-state index contributed by atoms with van der Waals surface area (Å²) in [6, 6.07) is -0.502. The molecule has 23 heavy (non-hydrogen) atoms. The molecule has 0 spiro atoms. The highest BCUT2D eigenvalue weighted by atomic mass is 16.5.